The number of para-hydroxylation sites is 1. The van der Waals surface area contributed by atoms with Gasteiger partial charge < -0.3 is 10.1 Å². The zero-order valence-corrected chi connectivity index (χ0v) is 15.5. The number of hydrogen-bond acceptors (Lipinski definition) is 4. The summed E-state index contributed by atoms with van der Waals surface area (Å²) in [7, 11) is 1.76. The third kappa shape index (κ3) is 2.90. The summed E-state index contributed by atoms with van der Waals surface area (Å²) in [6, 6.07) is 16.2. The van der Waals surface area contributed by atoms with E-state index in [0.29, 0.717) is 22.5 Å². The largest absolute Gasteiger partial charge is 0.453 e. The molecule has 0 spiro atoms. The molecule has 1 unspecified atom stereocenters. The Morgan fingerprint density at radius 1 is 1.07 bits per heavy atom. The molecular weight excluding hydrogens is 358 g/mol. The van der Waals surface area contributed by atoms with E-state index < -0.39 is 12.1 Å². The van der Waals surface area contributed by atoms with E-state index in [1.807, 2.05) is 30.3 Å². The van der Waals surface area contributed by atoms with Crippen molar-refractivity contribution in [2.75, 3.05) is 5.32 Å². The van der Waals surface area contributed by atoms with Crippen LogP contribution in [0.5, 0.6) is 0 Å². The maximum Gasteiger partial charge on any atom is 0.339 e. The van der Waals surface area contributed by atoms with Crippen molar-refractivity contribution in [1.29, 1.82) is 0 Å². The third-order valence-corrected chi connectivity index (χ3v) is 4.97. The van der Waals surface area contributed by atoms with Gasteiger partial charge in [0.1, 0.15) is 11.8 Å². The van der Waals surface area contributed by atoms with E-state index in [2.05, 4.69) is 5.32 Å². The molecule has 0 radical (unpaired) electrons. The average Bonchev–Trinajstić information content (AvgIpc) is 3.12. The van der Waals surface area contributed by atoms with Crippen LogP contribution in [0.1, 0.15) is 34.1 Å². The molecule has 0 aliphatic carbocycles. The van der Waals surface area contributed by atoms with Crippen molar-refractivity contribution in [1.82, 2.24) is 9.36 Å². The van der Waals surface area contributed by atoms with Gasteiger partial charge in [-0.3, -0.25) is 14.3 Å². The molecule has 2 heterocycles. The molecular formula is C21H19N3O4. The van der Waals surface area contributed by atoms with Crippen LogP contribution in [-0.2, 0) is 16.6 Å². The molecule has 1 amide bonds. The molecule has 1 aromatic heterocycles. The van der Waals surface area contributed by atoms with Crippen molar-refractivity contribution in [2.45, 2.75) is 19.4 Å². The number of carbonyl (C=O) groups excluding carboxylic acids is 2. The van der Waals surface area contributed by atoms with Crippen molar-refractivity contribution in [3.05, 3.63) is 81.8 Å². The van der Waals surface area contributed by atoms with E-state index >= 15 is 0 Å². The number of nitrogens with zero attached hydrogens (tertiary/aromatic N) is 2. The fraction of sp³-hybridized carbons (Fsp3) is 0.190. The molecule has 0 saturated heterocycles. The van der Waals surface area contributed by atoms with Crippen LogP contribution in [0.3, 0.4) is 0 Å². The summed E-state index contributed by atoms with van der Waals surface area (Å²) in [5.74, 6) is -0.823. The molecule has 1 atom stereocenters. The van der Waals surface area contributed by atoms with E-state index in [0.717, 1.165) is 0 Å². The SMILES string of the molecule is Cc1c(NC(=O)CC2OC(=O)c3ccccc32)c(=O)n(-c2ccccc2)n1C. The summed E-state index contributed by atoms with van der Waals surface area (Å²) < 4.78 is 8.50. The topological polar surface area (TPSA) is 82.3 Å². The van der Waals surface area contributed by atoms with Gasteiger partial charge in [0.15, 0.2) is 0 Å². The Labute approximate surface area is 161 Å². The van der Waals surface area contributed by atoms with Crippen LogP contribution in [0.4, 0.5) is 5.69 Å². The van der Waals surface area contributed by atoms with Crippen LogP contribution < -0.4 is 10.9 Å². The molecule has 7 nitrogen and oxygen atoms in total. The van der Waals surface area contributed by atoms with E-state index in [4.69, 9.17) is 4.74 Å². The minimum atomic E-state index is -0.649. The zero-order chi connectivity index (χ0) is 19.8. The number of esters is 1. The lowest BCUT2D eigenvalue weighted by Crippen LogP contribution is -2.23. The van der Waals surface area contributed by atoms with Gasteiger partial charge in [0.25, 0.3) is 5.56 Å². The Bertz CT molecular complexity index is 1130. The van der Waals surface area contributed by atoms with Crippen molar-refractivity contribution in [2.24, 2.45) is 7.05 Å². The number of anilines is 1. The first kappa shape index (κ1) is 17.8. The molecule has 1 aliphatic heterocycles. The van der Waals surface area contributed by atoms with E-state index in [9.17, 15) is 14.4 Å². The van der Waals surface area contributed by atoms with Crippen LogP contribution in [0.2, 0.25) is 0 Å². The highest BCUT2D eigenvalue weighted by atomic mass is 16.5. The summed E-state index contributed by atoms with van der Waals surface area (Å²) in [6.45, 7) is 1.77. The Morgan fingerprint density at radius 2 is 1.75 bits per heavy atom. The van der Waals surface area contributed by atoms with Crippen molar-refractivity contribution in [3.8, 4) is 5.69 Å². The molecule has 0 bridgehead atoms. The third-order valence-electron chi connectivity index (χ3n) is 4.97. The van der Waals surface area contributed by atoms with Crippen LogP contribution in [0.25, 0.3) is 5.69 Å². The Morgan fingerprint density at radius 3 is 2.50 bits per heavy atom. The van der Waals surface area contributed by atoms with E-state index in [1.54, 1.807) is 42.9 Å². The Kier molecular flexibility index (Phi) is 4.35. The predicted octanol–water partition coefficient (Wildman–Crippen LogP) is 2.72. The maximum atomic E-state index is 12.9. The summed E-state index contributed by atoms with van der Waals surface area (Å²) in [5.41, 5.74) is 2.40. The fourth-order valence-corrected chi connectivity index (χ4v) is 3.44. The molecule has 0 fully saturated rings. The molecule has 142 valence electrons. The van der Waals surface area contributed by atoms with Gasteiger partial charge >= 0.3 is 5.97 Å². The standard InChI is InChI=1S/C21H19N3O4/c1-13-19(20(26)24(23(13)2)14-8-4-3-5-9-14)22-18(25)12-17-15-10-6-7-11-16(15)21(27)28-17/h3-11,17H,12H2,1-2H3,(H,22,25). The number of carbonyl (C=O) groups is 2. The molecule has 0 saturated carbocycles. The summed E-state index contributed by atoms with van der Waals surface area (Å²) in [6.07, 6.45) is -0.703. The highest BCUT2D eigenvalue weighted by molar-refractivity contribution is 5.96. The smallest absolute Gasteiger partial charge is 0.339 e. The van der Waals surface area contributed by atoms with Crippen LogP contribution >= 0.6 is 0 Å². The summed E-state index contributed by atoms with van der Waals surface area (Å²) in [5, 5.41) is 2.70. The van der Waals surface area contributed by atoms with Crippen LogP contribution in [-0.4, -0.2) is 21.2 Å². The summed E-state index contributed by atoms with van der Waals surface area (Å²) >= 11 is 0. The first-order valence-electron chi connectivity index (χ1n) is 8.91. The Balaban J connectivity index is 1.58. The van der Waals surface area contributed by atoms with Gasteiger partial charge in [-0.25, -0.2) is 9.48 Å². The highest BCUT2D eigenvalue weighted by Crippen LogP contribution is 2.33. The number of ether oxygens (including phenoxy) is 1. The monoisotopic (exact) mass is 377 g/mol. The first-order valence-corrected chi connectivity index (χ1v) is 8.91. The van der Waals surface area contributed by atoms with Crippen molar-refractivity contribution < 1.29 is 14.3 Å². The molecule has 1 N–H and O–H groups in total. The second-order valence-electron chi connectivity index (χ2n) is 6.67. The second kappa shape index (κ2) is 6.84. The van der Waals surface area contributed by atoms with Gasteiger partial charge in [-0.2, -0.15) is 0 Å². The van der Waals surface area contributed by atoms with Gasteiger partial charge in [0, 0.05) is 12.6 Å². The predicted molar refractivity (Wildman–Crippen MR) is 104 cm³/mol. The normalized spacial score (nSPS) is 15.2. The summed E-state index contributed by atoms with van der Waals surface area (Å²) in [4.78, 5) is 37.4. The highest BCUT2D eigenvalue weighted by Gasteiger charge is 2.32. The number of fused-ring (bicyclic) bond motifs is 1. The zero-order valence-electron chi connectivity index (χ0n) is 15.5. The lowest BCUT2D eigenvalue weighted by molar-refractivity contribution is -0.118. The number of cyclic esters (lactones) is 1. The van der Waals surface area contributed by atoms with Crippen molar-refractivity contribution in [3.63, 3.8) is 0 Å². The van der Waals surface area contributed by atoms with Crippen LogP contribution in [0, 0.1) is 6.92 Å². The quantitative estimate of drug-likeness (QED) is 0.709. The van der Waals surface area contributed by atoms with Gasteiger partial charge in [-0.1, -0.05) is 36.4 Å². The average molecular weight is 377 g/mol. The number of amides is 1. The molecule has 1 aliphatic rings. The molecule has 7 heteroatoms. The maximum absolute atomic E-state index is 12.9. The first-order chi connectivity index (χ1) is 13.5. The molecule has 4 rings (SSSR count). The lowest BCUT2D eigenvalue weighted by atomic mass is 10.0. The Hall–Kier alpha value is -3.61. The van der Waals surface area contributed by atoms with E-state index in [1.165, 1.54) is 4.68 Å². The van der Waals surface area contributed by atoms with E-state index in [-0.39, 0.29) is 23.6 Å². The van der Waals surface area contributed by atoms with Gasteiger partial charge in [-0.15, -0.1) is 0 Å². The van der Waals surface area contributed by atoms with Gasteiger partial charge in [-0.05, 0) is 25.1 Å². The van der Waals surface area contributed by atoms with Gasteiger partial charge in [0.05, 0.1) is 23.4 Å². The molecule has 3 aromatic rings. The van der Waals surface area contributed by atoms with Crippen molar-refractivity contribution >= 4 is 17.6 Å². The van der Waals surface area contributed by atoms with Gasteiger partial charge in [0.2, 0.25) is 5.91 Å². The minimum Gasteiger partial charge on any atom is -0.453 e. The number of benzene rings is 2. The number of nitrogens with one attached hydrogen (secondary N) is 1. The molecule has 28 heavy (non-hydrogen) atoms. The number of hydrogen-bond donors (Lipinski definition) is 1. The van der Waals surface area contributed by atoms with Crippen LogP contribution in [0.15, 0.2) is 59.4 Å². The fourth-order valence-electron chi connectivity index (χ4n) is 3.44. The molecule has 2 aromatic carbocycles. The lowest BCUT2D eigenvalue weighted by Gasteiger charge is -2.10. The number of rotatable bonds is 4. The second-order valence-corrected chi connectivity index (χ2v) is 6.67. The number of aromatic nitrogens is 2. The minimum absolute atomic E-state index is 0.0537.